The average Bonchev–Trinajstić information content (AvgIpc) is 3.15. The minimum atomic E-state index is -0.721. The van der Waals surface area contributed by atoms with E-state index in [4.69, 9.17) is 11.6 Å². The van der Waals surface area contributed by atoms with Crippen molar-refractivity contribution in [1.82, 2.24) is 9.55 Å². The number of hydrogen-bond acceptors (Lipinski definition) is 4. The summed E-state index contributed by atoms with van der Waals surface area (Å²) < 4.78 is 2.28. The highest BCUT2D eigenvalue weighted by molar-refractivity contribution is 9.10. The molecule has 29 heavy (non-hydrogen) atoms. The van der Waals surface area contributed by atoms with E-state index >= 15 is 0 Å². The van der Waals surface area contributed by atoms with Gasteiger partial charge in [-0.2, -0.15) is 0 Å². The van der Waals surface area contributed by atoms with Gasteiger partial charge in [-0.15, -0.1) is 11.3 Å². The van der Waals surface area contributed by atoms with Crippen LogP contribution in [0.3, 0.4) is 0 Å². The lowest BCUT2D eigenvalue weighted by molar-refractivity contribution is -0.118. The zero-order valence-electron chi connectivity index (χ0n) is 15.2. The number of rotatable bonds is 4. The standard InChI is InChI=1S/C21H15BrClN3O2S/c1-12(19(27)25-16-8-4-14(22)5-9-16)26-11-24-20-18(21(26)28)17(10-29-20)13-2-6-15(23)7-3-13/h2-12H,1H3,(H,25,27). The number of hydrogen-bond donors (Lipinski definition) is 1. The van der Waals surface area contributed by atoms with E-state index in [1.807, 2.05) is 29.6 Å². The maximum Gasteiger partial charge on any atom is 0.263 e. The van der Waals surface area contributed by atoms with E-state index in [0.717, 1.165) is 15.6 Å². The van der Waals surface area contributed by atoms with Crippen LogP contribution in [-0.2, 0) is 4.79 Å². The highest BCUT2D eigenvalue weighted by Gasteiger charge is 2.20. The summed E-state index contributed by atoms with van der Waals surface area (Å²) in [5.74, 6) is -0.293. The summed E-state index contributed by atoms with van der Waals surface area (Å²) in [6, 6.07) is 13.8. The molecule has 146 valence electrons. The van der Waals surface area contributed by atoms with Crippen molar-refractivity contribution >= 4 is 60.7 Å². The van der Waals surface area contributed by atoms with E-state index in [2.05, 4.69) is 26.2 Å². The lowest BCUT2D eigenvalue weighted by Gasteiger charge is -2.15. The first kappa shape index (κ1) is 19.8. The molecule has 2 heterocycles. The Kier molecular flexibility index (Phi) is 5.54. The molecule has 2 aromatic carbocycles. The fourth-order valence-electron chi connectivity index (χ4n) is 2.97. The third-order valence-electron chi connectivity index (χ3n) is 4.58. The predicted octanol–water partition coefficient (Wildman–Crippen LogP) is 5.74. The van der Waals surface area contributed by atoms with Gasteiger partial charge in [-0.05, 0) is 48.9 Å². The van der Waals surface area contributed by atoms with E-state index in [9.17, 15) is 9.59 Å². The molecule has 4 rings (SSSR count). The number of nitrogens with one attached hydrogen (secondary N) is 1. The van der Waals surface area contributed by atoms with E-state index in [0.29, 0.717) is 20.9 Å². The van der Waals surface area contributed by atoms with Crippen LogP contribution in [0.1, 0.15) is 13.0 Å². The number of aromatic nitrogens is 2. The number of carbonyl (C=O) groups is 1. The minimum absolute atomic E-state index is 0.250. The molecule has 0 saturated carbocycles. The van der Waals surface area contributed by atoms with Crippen LogP contribution in [0.4, 0.5) is 5.69 Å². The molecule has 1 unspecified atom stereocenters. The molecule has 0 radical (unpaired) electrons. The molecule has 0 aliphatic carbocycles. The highest BCUT2D eigenvalue weighted by Crippen LogP contribution is 2.31. The second kappa shape index (κ2) is 8.10. The molecular formula is C21H15BrClN3O2S. The van der Waals surface area contributed by atoms with E-state index < -0.39 is 6.04 Å². The summed E-state index contributed by atoms with van der Waals surface area (Å²) >= 11 is 10.7. The van der Waals surface area contributed by atoms with Gasteiger partial charge < -0.3 is 5.32 Å². The van der Waals surface area contributed by atoms with Crippen LogP contribution in [-0.4, -0.2) is 15.5 Å². The fourth-order valence-corrected chi connectivity index (χ4v) is 4.27. The first-order valence-corrected chi connectivity index (χ1v) is 10.8. The number of nitrogens with zero attached hydrogens (tertiary/aromatic N) is 2. The van der Waals surface area contributed by atoms with Crippen molar-refractivity contribution in [3.8, 4) is 11.1 Å². The maximum atomic E-state index is 13.2. The van der Waals surface area contributed by atoms with Crippen molar-refractivity contribution in [3.05, 3.63) is 80.1 Å². The largest absolute Gasteiger partial charge is 0.324 e. The first-order valence-electron chi connectivity index (χ1n) is 8.75. The molecule has 0 aliphatic rings. The lowest BCUT2D eigenvalue weighted by Crippen LogP contribution is -2.31. The van der Waals surface area contributed by atoms with Crippen molar-refractivity contribution in [2.75, 3.05) is 5.32 Å². The van der Waals surface area contributed by atoms with Gasteiger partial charge in [-0.1, -0.05) is 39.7 Å². The summed E-state index contributed by atoms with van der Waals surface area (Å²) in [6.07, 6.45) is 1.43. The van der Waals surface area contributed by atoms with Gasteiger partial charge in [0.05, 0.1) is 11.7 Å². The number of amides is 1. The second-order valence-corrected chi connectivity index (χ2v) is 8.68. The molecule has 1 amide bonds. The van der Waals surface area contributed by atoms with Crippen molar-refractivity contribution in [2.24, 2.45) is 0 Å². The number of halogens is 2. The summed E-state index contributed by atoms with van der Waals surface area (Å²) in [5, 5.41) is 5.86. The monoisotopic (exact) mass is 487 g/mol. The van der Waals surface area contributed by atoms with Crippen LogP contribution in [0.25, 0.3) is 21.3 Å². The Labute approximate surface area is 184 Å². The average molecular weight is 489 g/mol. The van der Waals surface area contributed by atoms with Crippen molar-refractivity contribution in [3.63, 3.8) is 0 Å². The van der Waals surface area contributed by atoms with Gasteiger partial charge in [0.2, 0.25) is 5.91 Å². The molecule has 5 nitrogen and oxygen atoms in total. The minimum Gasteiger partial charge on any atom is -0.324 e. The third kappa shape index (κ3) is 3.99. The van der Waals surface area contributed by atoms with Crippen LogP contribution in [0.2, 0.25) is 5.02 Å². The number of benzene rings is 2. The van der Waals surface area contributed by atoms with Gasteiger partial charge >= 0.3 is 0 Å². The SMILES string of the molecule is CC(C(=O)Nc1ccc(Br)cc1)n1cnc2scc(-c3ccc(Cl)cc3)c2c1=O. The van der Waals surface area contributed by atoms with Gasteiger partial charge in [-0.3, -0.25) is 14.2 Å². The van der Waals surface area contributed by atoms with Gasteiger partial charge in [0.1, 0.15) is 10.9 Å². The summed E-state index contributed by atoms with van der Waals surface area (Å²) in [6.45, 7) is 1.68. The summed E-state index contributed by atoms with van der Waals surface area (Å²) in [4.78, 5) is 30.9. The van der Waals surface area contributed by atoms with Gasteiger partial charge in [-0.25, -0.2) is 4.98 Å². The maximum absolute atomic E-state index is 13.2. The number of fused-ring (bicyclic) bond motifs is 1. The van der Waals surface area contributed by atoms with Crippen molar-refractivity contribution in [2.45, 2.75) is 13.0 Å². The summed E-state index contributed by atoms with van der Waals surface area (Å²) in [5.41, 5.74) is 2.07. The van der Waals surface area contributed by atoms with E-state index in [-0.39, 0.29) is 11.5 Å². The molecule has 0 aliphatic heterocycles. The van der Waals surface area contributed by atoms with Crippen molar-refractivity contribution < 1.29 is 4.79 Å². The van der Waals surface area contributed by atoms with E-state index in [1.165, 1.54) is 22.2 Å². The van der Waals surface area contributed by atoms with Crippen LogP contribution < -0.4 is 10.9 Å². The Bertz CT molecular complexity index is 1250. The first-order chi connectivity index (χ1) is 13.9. The second-order valence-electron chi connectivity index (χ2n) is 6.47. The van der Waals surface area contributed by atoms with E-state index in [1.54, 1.807) is 31.2 Å². The van der Waals surface area contributed by atoms with Crippen LogP contribution in [0.5, 0.6) is 0 Å². The molecule has 0 bridgehead atoms. The van der Waals surface area contributed by atoms with Crippen LogP contribution >= 0.6 is 38.9 Å². The molecule has 8 heteroatoms. The molecule has 1 N–H and O–H groups in total. The van der Waals surface area contributed by atoms with Gasteiger partial charge in [0, 0.05) is 26.1 Å². The zero-order chi connectivity index (χ0) is 20.5. The third-order valence-corrected chi connectivity index (χ3v) is 6.25. The highest BCUT2D eigenvalue weighted by atomic mass is 79.9. The molecule has 0 saturated heterocycles. The molecule has 4 aromatic rings. The number of carbonyl (C=O) groups excluding carboxylic acids is 1. The molecule has 0 spiro atoms. The fraction of sp³-hybridized carbons (Fsp3) is 0.0952. The molecule has 2 aromatic heterocycles. The zero-order valence-corrected chi connectivity index (χ0v) is 18.4. The molecule has 1 atom stereocenters. The number of anilines is 1. The van der Waals surface area contributed by atoms with Gasteiger partial charge in [0.15, 0.2) is 0 Å². The van der Waals surface area contributed by atoms with Crippen LogP contribution in [0.15, 0.2) is 69.5 Å². The van der Waals surface area contributed by atoms with Crippen LogP contribution in [0, 0.1) is 0 Å². The number of thiophene rings is 1. The lowest BCUT2D eigenvalue weighted by atomic mass is 10.1. The van der Waals surface area contributed by atoms with Gasteiger partial charge in [0.25, 0.3) is 5.56 Å². The Morgan fingerprint density at radius 3 is 2.55 bits per heavy atom. The quantitative estimate of drug-likeness (QED) is 0.398. The molecular weight excluding hydrogens is 474 g/mol. The Morgan fingerprint density at radius 2 is 1.86 bits per heavy atom. The Balaban J connectivity index is 1.70. The Morgan fingerprint density at radius 1 is 1.17 bits per heavy atom. The smallest absolute Gasteiger partial charge is 0.263 e. The topological polar surface area (TPSA) is 64.0 Å². The summed E-state index contributed by atoms with van der Waals surface area (Å²) in [7, 11) is 0. The predicted molar refractivity (Wildman–Crippen MR) is 122 cm³/mol. The normalized spacial score (nSPS) is 12.1. The Hall–Kier alpha value is -2.48. The molecule has 0 fully saturated rings. The van der Waals surface area contributed by atoms with Crippen molar-refractivity contribution in [1.29, 1.82) is 0 Å².